The Bertz CT molecular complexity index is 918. The average molecular weight is 407 g/mol. The Morgan fingerprint density at radius 3 is 2.75 bits per heavy atom. The fourth-order valence-electron chi connectivity index (χ4n) is 2.86. The van der Waals surface area contributed by atoms with Crippen molar-refractivity contribution in [1.29, 1.82) is 0 Å². The molecule has 1 N–H and O–H groups in total. The van der Waals surface area contributed by atoms with Crippen molar-refractivity contribution in [3.63, 3.8) is 0 Å². The number of para-hydroxylation sites is 1. The summed E-state index contributed by atoms with van der Waals surface area (Å²) in [6.07, 6.45) is 3.84. The van der Waals surface area contributed by atoms with E-state index >= 15 is 0 Å². The minimum atomic E-state index is -2.96. The molecular formula is C20H17ClF2N2O3. The quantitative estimate of drug-likeness (QED) is 0.706. The highest BCUT2D eigenvalue weighted by atomic mass is 35.5. The van der Waals surface area contributed by atoms with Crippen molar-refractivity contribution < 1.29 is 23.1 Å². The first-order valence-electron chi connectivity index (χ1n) is 8.57. The Kier molecular flexibility index (Phi) is 6.26. The number of amides is 2. The maximum Gasteiger partial charge on any atom is 0.387 e. The first kappa shape index (κ1) is 19.8. The third kappa shape index (κ3) is 4.86. The van der Waals surface area contributed by atoms with Crippen molar-refractivity contribution in [1.82, 2.24) is 0 Å². The number of nitrogens with zero attached hydrogens (tertiary/aromatic N) is 1. The molecule has 1 fully saturated rings. The van der Waals surface area contributed by atoms with E-state index in [2.05, 4.69) is 10.1 Å². The number of rotatable bonds is 6. The normalized spacial score (nSPS) is 14.1. The molecule has 2 aromatic carbocycles. The number of carbonyl (C=O) groups excluding carboxylic acids is 2. The smallest absolute Gasteiger partial charge is 0.387 e. The summed E-state index contributed by atoms with van der Waals surface area (Å²) >= 11 is 6.14. The van der Waals surface area contributed by atoms with Crippen LogP contribution in [0, 0.1) is 0 Å². The van der Waals surface area contributed by atoms with Crippen molar-refractivity contribution >= 4 is 40.9 Å². The van der Waals surface area contributed by atoms with Gasteiger partial charge in [0.15, 0.2) is 0 Å². The topological polar surface area (TPSA) is 58.6 Å². The van der Waals surface area contributed by atoms with E-state index in [9.17, 15) is 18.4 Å². The van der Waals surface area contributed by atoms with E-state index in [1.54, 1.807) is 41.3 Å². The van der Waals surface area contributed by atoms with Crippen molar-refractivity contribution in [3.8, 4) is 5.75 Å². The Labute approximate surface area is 165 Å². The molecule has 0 aliphatic carbocycles. The first-order chi connectivity index (χ1) is 13.4. The molecule has 0 aromatic heterocycles. The van der Waals surface area contributed by atoms with E-state index in [-0.39, 0.29) is 11.7 Å². The van der Waals surface area contributed by atoms with E-state index in [0.717, 1.165) is 6.42 Å². The number of halogens is 3. The van der Waals surface area contributed by atoms with Gasteiger partial charge in [-0.15, -0.1) is 0 Å². The van der Waals surface area contributed by atoms with Gasteiger partial charge in [-0.05, 0) is 36.8 Å². The van der Waals surface area contributed by atoms with Gasteiger partial charge in [-0.25, -0.2) is 0 Å². The van der Waals surface area contributed by atoms with E-state index in [1.165, 1.54) is 18.2 Å². The van der Waals surface area contributed by atoms with E-state index < -0.39 is 12.5 Å². The summed E-state index contributed by atoms with van der Waals surface area (Å²) in [6.45, 7) is -2.34. The highest BCUT2D eigenvalue weighted by molar-refractivity contribution is 6.34. The van der Waals surface area contributed by atoms with Gasteiger partial charge in [-0.1, -0.05) is 29.8 Å². The standard InChI is InChI=1S/C20H17ClF2N2O3/c21-15-9-8-14(25-11-3-6-19(25)27)12-16(15)24-18(26)10-7-13-4-1-2-5-17(13)28-20(22)23/h1-2,4-5,7-10,12,20H,3,6,11H2,(H,24,26)/b10-7+. The molecule has 0 unspecified atom stereocenters. The lowest BCUT2D eigenvalue weighted by atomic mass is 10.2. The van der Waals surface area contributed by atoms with Crippen LogP contribution in [0.2, 0.25) is 5.02 Å². The lowest BCUT2D eigenvalue weighted by Crippen LogP contribution is -2.23. The van der Waals surface area contributed by atoms with Gasteiger partial charge in [-0.3, -0.25) is 9.59 Å². The highest BCUT2D eigenvalue weighted by Gasteiger charge is 2.22. The summed E-state index contributed by atoms with van der Waals surface area (Å²) in [5.41, 5.74) is 1.34. The van der Waals surface area contributed by atoms with Crippen LogP contribution in [0.3, 0.4) is 0 Å². The molecule has 2 amide bonds. The molecule has 146 valence electrons. The first-order valence-corrected chi connectivity index (χ1v) is 8.94. The molecule has 0 spiro atoms. The number of carbonyl (C=O) groups is 2. The number of hydrogen-bond acceptors (Lipinski definition) is 3. The van der Waals surface area contributed by atoms with Crippen LogP contribution in [0.5, 0.6) is 5.75 Å². The van der Waals surface area contributed by atoms with E-state index in [4.69, 9.17) is 11.6 Å². The second kappa shape index (κ2) is 8.84. The zero-order valence-corrected chi connectivity index (χ0v) is 15.5. The largest absolute Gasteiger partial charge is 0.434 e. The highest BCUT2D eigenvalue weighted by Crippen LogP contribution is 2.30. The number of hydrogen-bond donors (Lipinski definition) is 1. The second-order valence-corrected chi connectivity index (χ2v) is 6.46. The second-order valence-electron chi connectivity index (χ2n) is 6.05. The van der Waals surface area contributed by atoms with Crippen molar-refractivity contribution in [2.45, 2.75) is 19.5 Å². The molecule has 0 saturated carbocycles. The van der Waals surface area contributed by atoms with Gasteiger partial charge in [-0.2, -0.15) is 8.78 Å². The molecule has 28 heavy (non-hydrogen) atoms. The molecule has 1 aliphatic heterocycles. The summed E-state index contributed by atoms with van der Waals surface area (Å²) in [5, 5.41) is 2.95. The summed E-state index contributed by atoms with van der Waals surface area (Å²) in [5.74, 6) is -0.511. The maximum atomic E-state index is 12.5. The molecule has 1 aliphatic rings. The Morgan fingerprint density at radius 1 is 1.25 bits per heavy atom. The fourth-order valence-corrected chi connectivity index (χ4v) is 3.02. The van der Waals surface area contributed by atoms with Gasteiger partial charge in [0.25, 0.3) is 0 Å². The van der Waals surface area contributed by atoms with E-state index in [0.29, 0.717) is 34.9 Å². The minimum absolute atomic E-state index is 0.0233. The lowest BCUT2D eigenvalue weighted by molar-refractivity contribution is -0.117. The molecule has 0 atom stereocenters. The third-order valence-electron chi connectivity index (χ3n) is 4.14. The van der Waals surface area contributed by atoms with Gasteiger partial charge >= 0.3 is 6.61 Å². The van der Waals surface area contributed by atoms with Crippen LogP contribution < -0.4 is 15.0 Å². The van der Waals surface area contributed by atoms with Crippen LogP contribution in [0.1, 0.15) is 18.4 Å². The molecule has 0 bridgehead atoms. The molecule has 1 heterocycles. The van der Waals surface area contributed by atoms with Gasteiger partial charge in [0.1, 0.15) is 5.75 Å². The van der Waals surface area contributed by atoms with Crippen LogP contribution in [-0.2, 0) is 9.59 Å². The van der Waals surface area contributed by atoms with Crippen molar-refractivity contribution in [2.24, 2.45) is 0 Å². The molecule has 0 radical (unpaired) electrons. The SMILES string of the molecule is O=C(/C=C/c1ccccc1OC(F)F)Nc1cc(N2CCCC2=O)ccc1Cl. The van der Waals surface area contributed by atoms with Crippen LogP contribution >= 0.6 is 11.6 Å². The minimum Gasteiger partial charge on any atom is -0.434 e. The number of alkyl halides is 2. The predicted octanol–water partition coefficient (Wildman–Crippen LogP) is 4.72. The van der Waals surface area contributed by atoms with Crippen LogP contribution in [0.15, 0.2) is 48.5 Å². The third-order valence-corrected chi connectivity index (χ3v) is 4.47. The van der Waals surface area contributed by atoms with E-state index in [1.807, 2.05) is 0 Å². The van der Waals surface area contributed by atoms with Crippen LogP contribution in [0.25, 0.3) is 6.08 Å². The van der Waals surface area contributed by atoms with Gasteiger partial charge < -0.3 is 15.0 Å². The van der Waals surface area contributed by atoms with Crippen LogP contribution in [0.4, 0.5) is 20.2 Å². The average Bonchev–Trinajstić information content (AvgIpc) is 3.08. The van der Waals surface area contributed by atoms with Gasteiger partial charge in [0.2, 0.25) is 11.8 Å². The van der Waals surface area contributed by atoms with Gasteiger partial charge in [0, 0.05) is 30.3 Å². The van der Waals surface area contributed by atoms with Gasteiger partial charge in [0.05, 0.1) is 10.7 Å². The molecule has 3 rings (SSSR count). The Hall–Kier alpha value is -2.93. The summed E-state index contributed by atoms with van der Waals surface area (Å²) in [7, 11) is 0. The molecule has 8 heteroatoms. The van der Waals surface area contributed by atoms with Crippen molar-refractivity contribution in [3.05, 3.63) is 59.1 Å². The summed E-state index contributed by atoms with van der Waals surface area (Å²) in [4.78, 5) is 25.8. The zero-order valence-electron chi connectivity index (χ0n) is 14.7. The number of anilines is 2. The Morgan fingerprint density at radius 2 is 2.04 bits per heavy atom. The number of ether oxygens (including phenoxy) is 1. The summed E-state index contributed by atoms with van der Waals surface area (Å²) < 4.78 is 29.3. The molecular weight excluding hydrogens is 390 g/mol. The monoisotopic (exact) mass is 406 g/mol. The van der Waals surface area contributed by atoms with Crippen LogP contribution in [-0.4, -0.2) is 25.0 Å². The summed E-state index contributed by atoms with van der Waals surface area (Å²) in [6, 6.07) is 11.1. The Balaban J connectivity index is 1.73. The van der Waals surface area contributed by atoms with Crippen molar-refractivity contribution in [2.75, 3.05) is 16.8 Å². The number of benzene rings is 2. The number of nitrogens with one attached hydrogen (secondary N) is 1. The molecule has 2 aromatic rings. The molecule has 5 nitrogen and oxygen atoms in total. The zero-order chi connectivity index (χ0) is 20.1. The fraction of sp³-hybridized carbons (Fsp3) is 0.200. The molecule has 1 saturated heterocycles. The lowest BCUT2D eigenvalue weighted by Gasteiger charge is -2.17. The maximum absolute atomic E-state index is 12.5. The predicted molar refractivity (Wildman–Crippen MR) is 104 cm³/mol.